The lowest BCUT2D eigenvalue weighted by Crippen LogP contribution is -2.06. The van der Waals surface area contributed by atoms with Gasteiger partial charge in [-0.25, -0.2) is 0 Å². The number of fused-ring (bicyclic) bond motifs is 7. The van der Waals surface area contributed by atoms with Gasteiger partial charge < -0.3 is 4.57 Å². The van der Waals surface area contributed by atoms with Gasteiger partial charge in [0.2, 0.25) is 0 Å². The molecule has 0 radical (unpaired) electrons. The van der Waals surface area contributed by atoms with Gasteiger partial charge in [0.25, 0.3) is 0 Å². The highest BCUT2D eigenvalue weighted by atomic mass is 15.0. The van der Waals surface area contributed by atoms with Gasteiger partial charge in [-0.1, -0.05) is 170 Å². The molecule has 1 nitrogen and oxygen atoms in total. The van der Waals surface area contributed by atoms with Crippen LogP contribution in [-0.2, 0) is 0 Å². The first-order valence-corrected chi connectivity index (χ1v) is 19.3. The molecule has 0 bridgehead atoms. The maximum atomic E-state index is 2.58. The highest BCUT2D eigenvalue weighted by molar-refractivity contribution is 6.32. The van der Waals surface area contributed by atoms with Crippen molar-refractivity contribution in [3.8, 4) is 44.5 Å². The highest BCUT2D eigenvalue weighted by Crippen LogP contribution is 2.50. The van der Waals surface area contributed by atoms with E-state index in [1.165, 1.54) is 98.6 Å². The molecule has 0 amide bonds. The van der Waals surface area contributed by atoms with Crippen molar-refractivity contribution in [2.24, 2.45) is 0 Å². The van der Waals surface area contributed by atoms with Crippen molar-refractivity contribution in [1.29, 1.82) is 0 Å². The molecule has 9 aromatic carbocycles. The van der Waals surface area contributed by atoms with Gasteiger partial charge in [-0.2, -0.15) is 0 Å². The number of rotatable bonds is 5. The van der Waals surface area contributed by atoms with E-state index in [9.17, 15) is 0 Å². The predicted molar refractivity (Wildman–Crippen MR) is 236 cm³/mol. The van der Waals surface area contributed by atoms with Crippen molar-refractivity contribution in [3.63, 3.8) is 0 Å². The van der Waals surface area contributed by atoms with Crippen LogP contribution in [0.2, 0.25) is 0 Å². The lowest BCUT2D eigenvalue weighted by molar-refractivity contribution is 0.648. The molecule has 0 aliphatic heterocycles. The van der Waals surface area contributed by atoms with Gasteiger partial charge in [0.1, 0.15) is 0 Å². The summed E-state index contributed by atoms with van der Waals surface area (Å²) in [6.45, 7) is 0. The Balaban J connectivity index is 1.33. The van der Waals surface area contributed by atoms with E-state index in [1.54, 1.807) is 0 Å². The number of nitrogens with zero attached hydrogens (tertiary/aromatic N) is 1. The molecule has 1 aliphatic carbocycles. The summed E-state index contributed by atoms with van der Waals surface area (Å²) in [7, 11) is 0. The van der Waals surface area contributed by atoms with Crippen LogP contribution < -0.4 is 0 Å². The summed E-state index contributed by atoms with van der Waals surface area (Å²) in [5.74, 6) is 0. The Hall–Kier alpha value is -6.96. The molecule has 0 spiro atoms. The molecule has 0 saturated heterocycles. The van der Waals surface area contributed by atoms with E-state index in [0.29, 0.717) is 0 Å². The Labute approximate surface area is 320 Å². The minimum absolute atomic E-state index is 0.241. The Morgan fingerprint density at radius 1 is 0.364 bits per heavy atom. The fourth-order valence-corrected chi connectivity index (χ4v) is 9.20. The Kier molecular flexibility index (Phi) is 7.38. The van der Waals surface area contributed by atoms with Crippen LogP contribution in [0.25, 0.3) is 98.6 Å². The SMILES string of the molecule is C1=CCC(n2c3ccccc3c3c4c(-c5ccc6ccccc6c5)c5ccccc5c(-c5cc(-c6ccccc6)cc(-c6ccccc6)c5)c4ccc32)C=C1. The molecular weight excluding hydrogens is 663 g/mol. The summed E-state index contributed by atoms with van der Waals surface area (Å²) in [5.41, 5.74) is 12.4. The fourth-order valence-electron chi connectivity index (χ4n) is 9.20. The van der Waals surface area contributed by atoms with E-state index >= 15 is 0 Å². The van der Waals surface area contributed by atoms with E-state index in [1.807, 2.05) is 0 Å². The first-order valence-electron chi connectivity index (χ1n) is 19.3. The zero-order chi connectivity index (χ0) is 36.3. The molecule has 258 valence electrons. The zero-order valence-corrected chi connectivity index (χ0v) is 30.4. The molecule has 1 atom stereocenters. The number of para-hydroxylation sites is 1. The first kappa shape index (κ1) is 31.6. The second-order valence-corrected chi connectivity index (χ2v) is 14.8. The van der Waals surface area contributed by atoms with E-state index in [4.69, 9.17) is 0 Å². The molecule has 10 aromatic rings. The summed E-state index contributed by atoms with van der Waals surface area (Å²) in [5, 5.41) is 10.2. The number of allylic oxidation sites excluding steroid dienone is 4. The quantitative estimate of drug-likeness (QED) is 0.158. The Morgan fingerprint density at radius 3 is 1.69 bits per heavy atom. The number of benzene rings is 9. The summed E-state index contributed by atoms with van der Waals surface area (Å²) >= 11 is 0. The Morgan fingerprint density at radius 2 is 0.982 bits per heavy atom. The van der Waals surface area contributed by atoms with Crippen LogP contribution in [0.15, 0.2) is 206 Å². The molecule has 1 unspecified atom stereocenters. The number of aromatic nitrogens is 1. The maximum absolute atomic E-state index is 2.58. The van der Waals surface area contributed by atoms with E-state index < -0.39 is 0 Å². The molecule has 1 heteroatoms. The standard InChI is InChI=1S/C54H37N/c1-4-16-36(17-5-1)41-33-42(37-18-6-2-7-19-37)35-43(34-41)51-45-24-12-13-25-46(45)52(40-29-28-38-20-10-11-21-39(38)32-40)54-48(51)30-31-50-53(54)47-26-14-15-27-49(47)55(50)44-22-8-3-9-23-44/h1-22,24-35,44H,23H2. The van der Waals surface area contributed by atoms with Crippen molar-refractivity contribution in [3.05, 3.63) is 206 Å². The third-order valence-corrected chi connectivity index (χ3v) is 11.6. The molecule has 55 heavy (non-hydrogen) atoms. The van der Waals surface area contributed by atoms with Crippen LogP contribution in [0, 0.1) is 0 Å². The van der Waals surface area contributed by atoms with Crippen LogP contribution in [0.1, 0.15) is 12.5 Å². The van der Waals surface area contributed by atoms with Gasteiger partial charge in [-0.05, 0) is 114 Å². The van der Waals surface area contributed by atoms with Gasteiger partial charge in [-0.3, -0.25) is 0 Å². The Bertz CT molecular complexity index is 3100. The topological polar surface area (TPSA) is 4.93 Å². The summed E-state index contributed by atoms with van der Waals surface area (Å²) in [4.78, 5) is 0. The molecule has 0 N–H and O–H groups in total. The van der Waals surface area contributed by atoms with Crippen molar-refractivity contribution in [2.75, 3.05) is 0 Å². The second-order valence-electron chi connectivity index (χ2n) is 14.8. The summed E-state index contributed by atoms with van der Waals surface area (Å²) in [6.07, 6.45) is 9.99. The van der Waals surface area contributed by atoms with E-state index in [2.05, 4.69) is 211 Å². The molecule has 1 heterocycles. The zero-order valence-electron chi connectivity index (χ0n) is 30.4. The summed E-state index contributed by atoms with van der Waals surface area (Å²) < 4.78 is 2.58. The third-order valence-electron chi connectivity index (χ3n) is 11.6. The van der Waals surface area contributed by atoms with Crippen molar-refractivity contribution < 1.29 is 0 Å². The normalized spacial score (nSPS) is 14.1. The summed E-state index contributed by atoms with van der Waals surface area (Å²) in [6, 6.07) is 67.7. The smallest absolute Gasteiger partial charge is 0.0560 e. The van der Waals surface area contributed by atoms with Crippen LogP contribution in [-0.4, -0.2) is 4.57 Å². The van der Waals surface area contributed by atoms with Gasteiger partial charge in [0, 0.05) is 21.7 Å². The van der Waals surface area contributed by atoms with E-state index in [-0.39, 0.29) is 6.04 Å². The van der Waals surface area contributed by atoms with Crippen LogP contribution >= 0.6 is 0 Å². The lowest BCUT2D eigenvalue weighted by Gasteiger charge is -2.21. The van der Waals surface area contributed by atoms with Crippen molar-refractivity contribution >= 4 is 54.1 Å². The maximum Gasteiger partial charge on any atom is 0.0560 e. The van der Waals surface area contributed by atoms with Crippen LogP contribution in [0.4, 0.5) is 0 Å². The average molecular weight is 700 g/mol. The monoisotopic (exact) mass is 699 g/mol. The number of hydrogen-bond donors (Lipinski definition) is 0. The van der Waals surface area contributed by atoms with Gasteiger partial charge in [-0.15, -0.1) is 0 Å². The molecule has 1 aromatic heterocycles. The molecule has 0 fully saturated rings. The molecule has 0 saturated carbocycles. The third kappa shape index (κ3) is 5.16. The highest BCUT2D eigenvalue weighted by Gasteiger charge is 2.24. The minimum atomic E-state index is 0.241. The van der Waals surface area contributed by atoms with Gasteiger partial charge in [0.05, 0.1) is 11.6 Å². The average Bonchev–Trinajstić information content (AvgIpc) is 3.61. The minimum Gasteiger partial charge on any atom is -0.333 e. The predicted octanol–water partition coefficient (Wildman–Crippen LogP) is 15.0. The fraction of sp³-hybridized carbons (Fsp3) is 0.0370. The van der Waals surface area contributed by atoms with Gasteiger partial charge in [0.15, 0.2) is 0 Å². The molecule has 1 aliphatic rings. The van der Waals surface area contributed by atoms with Crippen molar-refractivity contribution in [2.45, 2.75) is 12.5 Å². The first-order chi connectivity index (χ1) is 27.3. The lowest BCUT2D eigenvalue weighted by atomic mass is 9.83. The van der Waals surface area contributed by atoms with Crippen LogP contribution in [0.3, 0.4) is 0 Å². The van der Waals surface area contributed by atoms with E-state index in [0.717, 1.165) is 6.42 Å². The molecule has 11 rings (SSSR count). The van der Waals surface area contributed by atoms with Crippen LogP contribution in [0.5, 0.6) is 0 Å². The number of hydrogen-bond acceptors (Lipinski definition) is 0. The van der Waals surface area contributed by atoms with Crippen molar-refractivity contribution in [1.82, 2.24) is 4.57 Å². The molecular formula is C54H37N. The second kappa shape index (κ2) is 12.9. The van der Waals surface area contributed by atoms with Gasteiger partial charge >= 0.3 is 0 Å². The largest absolute Gasteiger partial charge is 0.333 e.